The molecule has 0 radical (unpaired) electrons. The molecule has 1 aliphatic carbocycles. The largest absolute Gasteiger partial charge is 0.207 e. The van der Waals surface area contributed by atoms with Crippen LogP contribution < -0.4 is 0 Å². The number of hydrogen-bond donors (Lipinski definition) is 0. The molecular weight excluding hydrogens is 139 g/mol. The molecule has 50 valence electrons. The minimum atomic E-state index is -0.132. The van der Waals surface area contributed by atoms with E-state index in [0.717, 1.165) is 0 Å². The van der Waals surface area contributed by atoms with Crippen molar-refractivity contribution in [3.63, 3.8) is 0 Å². The minimum absolute atomic E-state index is 0.00972. The summed E-state index contributed by atoms with van der Waals surface area (Å²) >= 11 is 5.69. The van der Waals surface area contributed by atoms with Crippen molar-refractivity contribution in [1.29, 1.82) is 0 Å². The first-order valence-electron chi connectivity index (χ1n) is 2.88. The Morgan fingerprint density at radius 3 is 2.89 bits per heavy atom. The first-order chi connectivity index (χ1) is 4.20. The molecule has 1 rings (SSSR count). The average Bonchev–Trinajstić information content (AvgIpc) is 1.80. The van der Waals surface area contributed by atoms with Gasteiger partial charge in [0.15, 0.2) is 0 Å². The van der Waals surface area contributed by atoms with E-state index < -0.39 is 0 Å². The molecule has 1 aliphatic rings. The minimum Gasteiger partial charge on any atom is -0.207 e. The van der Waals surface area contributed by atoms with E-state index in [9.17, 15) is 4.39 Å². The second-order valence-corrected chi connectivity index (χ2v) is 2.71. The molecule has 0 fully saturated rings. The first-order valence-corrected chi connectivity index (χ1v) is 3.32. The highest BCUT2D eigenvalue weighted by Crippen LogP contribution is 2.21. The molecule has 0 saturated heterocycles. The Morgan fingerprint density at radius 1 is 1.78 bits per heavy atom. The Kier molecular flexibility index (Phi) is 1.91. The highest BCUT2D eigenvalue weighted by atomic mass is 35.5. The highest BCUT2D eigenvalue weighted by Gasteiger charge is 2.08. The smallest absolute Gasteiger partial charge is 0.121 e. The van der Waals surface area contributed by atoms with E-state index in [1.54, 1.807) is 13.0 Å². The lowest BCUT2D eigenvalue weighted by atomic mass is 10.1. The second kappa shape index (κ2) is 2.53. The van der Waals surface area contributed by atoms with E-state index in [4.69, 9.17) is 11.6 Å². The van der Waals surface area contributed by atoms with Crippen molar-refractivity contribution in [3.8, 4) is 0 Å². The van der Waals surface area contributed by atoms with E-state index in [0.29, 0.717) is 12.0 Å². The molecule has 0 aliphatic heterocycles. The molecule has 2 heteroatoms. The number of alkyl halides is 1. The zero-order valence-corrected chi connectivity index (χ0v) is 5.95. The van der Waals surface area contributed by atoms with Gasteiger partial charge in [0.2, 0.25) is 0 Å². The van der Waals surface area contributed by atoms with Gasteiger partial charge in [0.25, 0.3) is 0 Å². The topological polar surface area (TPSA) is 0 Å². The Balaban J connectivity index is 2.75. The van der Waals surface area contributed by atoms with Gasteiger partial charge >= 0.3 is 0 Å². The van der Waals surface area contributed by atoms with Crippen LogP contribution in [0.15, 0.2) is 23.6 Å². The van der Waals surface area contributed by atoms with Crippen LogP contribution in [0.3, 0.4) is 0 Å². The summed E-state index contributed by atoms with van der Waals surface area (Å²) in [6.07, 6.45) is 3.87. The van der Waals surface area contributed by atoms with Gasteiger partial charge in [-0.1, -0.05) is 6.08 Å². The van der Waals surface area contributed by atoms with Crippen LogP contribution in [0.2, 0.25) is 0 Å². The molecule has 0 aromatic carbocycles. The zero-order valence-electron chi connectivity index (χ0n) is 5.20. The van der Waals surface area contributed by atoms with E-state index in [1.165, 1.54) is 6.08 Å². The fourth-order valence-corrected chi connectivity index (χ4v) is 1.07. The lowest BCUT2D eigenvalue weighted by Crippen LogP contribution is -1.98. The third kappa shape index (κ3) is 1.55. The fourth-order valence-electron chi connectivity index (χ4n) is 0.796. The Morgan fingerprint density at radius 2 is 2.44 bits per heavy atom. The van der Waals surface area contributed by atoms with Crippen LogP contribution in [0.4, 0.5) is 4.39 Å². The molecule has 0 spiro atoms. The second-order valence-electron chi connectivity index (χ2n) is 2.15. The maximum atomic E-state index is 12.5. The SMILES string of the molecule is CC1=CC(Cl)CC=C1F. The molecule has 0 saturated carbocycles. The average molecular weight is 147 g/mol. The quantitative estimate of drug-likeness (QED) is 0.461. The zero-order chi connectivity index (χ0) is 6.85. The van der Waals surface area contributed by atoms with Crippen LogP contribution in [0.25, 0.3) is 0 Å². The molecule has 0 aromatic rings. The van der Waals surface area contributed by atoms with Crippen LogP contribution in [0.5, 0.6) is 0 Å². The first kappa shape index (κ1) is 6.81. The van der Waals surface area contributed by atoms with Crippen LogP contribution in [-0.2, 0) is 0 Å². The molecule has 1 atom stereocenters. The van der Waals surface area contributed by atoms with E-state index in [2.05, 4.69) is 0 Å². The summed E-state index contributed by atoms with van der Waals surface area (Å²) in [4.78, 5) is 0. The summed E-state index contributed by atoms with van der Waals surface area (Å²) in [5.41, 5.74) is 0.654. The van der Waals surface area contributed by atoms with Crippen molar-refractivity contribution in [2.75, 3.05) is 0 Å². The van der Waals surface area contributed by atoms with Gasteiger partial charge in [-0.3, -0.25) is 0 Å². The molecule has 0 aromatic heterocycles. The van der Waals surface area contributed by atoms with Gasteiger partial charge in [0.05, 0.1) is 5.38 Å². The lowest BCUT2D eigenvalue weighted by molar-refractivity contribution is 0.636. The maximum absolute atomic E-state index is 12.5. The summed E-state index contributed by atoms with van der Waals surface area (Å²) in [6, 6.07) is 0. The number of halogens is 2. The molecule has 9 heavy (non-hydrogen) atoms. The van der Waals surface area contributed by atoms with Crippen molar-refractivity contribution >= 4 is 11.6 Å². The molecular formula is C7H8ClF. The standard InChI is InChI=1S/C7H8ClF/c1-5-4-6(8)2-3-7(5)9/h3-4,6H,2H2,1H3. The predicted molar refractivity (Wildman–Crippen MR) is 37.2 cm³/mol. The van der Waals surface area contributed by atoms with Gasteiger partial charge in [-0.05, 0) is 25.0 Å². The summed E-state index contributed by atoms with van der Waals surface area (Å²) in [7, 11) is 0. The lowest BCUT2D eigenvalue weighted by Gasteiger charge is -2.08. The van der Waals surface area contributed by atoms with E-state index in [1.807, 2.05) is 0 Å². The summed E-state index contributed by atoms with van der Waals surface area (Å²) in [5.74, 6) is -0.132. The van der Waals surface area contributed by atoms with Crippen molar-refractivity contribution in [1.82, 2.24) is 0 Å². The molecule has 0 bridgehead atoms. The Hall–Kier alpha value is -0.300. The monoisotopic (exact) mass is 146 g/mol. The van der Waals surface area contributed by atoms with Crippen molar-refractivity contribution < 1.29 is 4.39 Å². The van der Waals surface area contributed by atoms with Gasteiger partial charge in [-0.2, -0.15) is 0 Å². The van der Waals surface area contributed by atoms with Gasteiger partial charge < -0.3 is 0 Å². The van der Waals surface area contributed by atoms with E-state index in [-0.39, 0.29) is 11.2 Å². The summed E-state index contributed by atoms with van der Waals surface area (Å²) in [5, 5.41) is -0.00972. The highest BCUT2D eigenvalue weighted by molar-refractivity contribution is 6.22. The van der Waals surface area contributed by atoms with Gasteiger partial charge in [0.1, 0.15) is 5.83 Å². The van der Waals surface area contributed by atoms with Gasteiger partial charge in [0, 0.05) is 0 Å². The normalized spacial score (nSPS) is 27.2. The van der Waals surface area contributed by atoms with Crippen molar-refractivity contribution in [3.05, 3.63) is 23.6 Å². The summed E-state index contributed by atoms with van der Waals surface area (Å²) in [6.45, 7) is 1.72. The van der Waals surface area contributed by atoms with Gasteiger partial charge in [-0.25, -0.2) is 4.39 Å². The molecule has 0 N–H and O–H groups in total. The predicted octanol–water partition coefficient (Wildman–Crippen LogP) is 2.80. The van der Waals surface area contributed by atoms with Crippen molar-refractivity contribution in [2.24, 2.45) is 0 Å². The third-order valence-corrected chi connectivity index (χ3v) is 1.63. The molecule has 0 nitrogen and oxygen atoms in total. The number of rotatable bonds is 0. The van der Waals surface area contributed by atoms with Crippen molar-refractivity contribution in [2.45, 2.75) is 18.7 Å². The number of allylic oxidation sites excluding steroid dienone is 4. The molecule has 0 heterocycles. The molecule has 0 amide bonds. The molecule has 1 unspecified atom stereocenters. The van der Waals surface area contributed by atoms with Gasteiger partial charge in [-0.15, -0.1) is 11.6 Å². The van der Waals surface area contributed by atoms with E-state index >= 15 is 0 Å². The number of hydrogen-bond acceptors (Lipinski definition) is 0. The van der Waals surface area contributed by atoms with Crippen LogP contribution >= 0.6 is 11.6 Å². The Bertz CT molecular complexity index is 170. The summed E-state index contributed by atoms with van der Waals surface area (Å²) < 4.78 is 12.5. The third-order valence-electron chi connectivity index (χ3n) is 1.33. The van der Waals surface area contributed by atoms with Crippen LogP contribution in [0.1, 0.15) is 13.3 Å². The Labute approximate surface area is 59.0 Å². The maximum Gasteiger partial charge on any atom is 0.121 e. The fraction of sp³-hybridized carbons (Fsp3) is 0.429. The van der Waals surface area contributed by atoms with Crippen LogP contribution in [-0.4, -0.2) is 5.38 Å². The van der Waals surface area contributed by atoms with Crippen LogP contribution in [0, 0.1) is 0 Å².